The summed E-state index contributed by atoms with van der Waals surface area (Å²) in [6, 6.07) is 10.2. The van der Waals surface area contributed by atoms with E-state index in [1.807, 2.05) is 23.1 Å². The van der Waals surface area contributed by atoms with Gasteiger partial charge < -0.3 is 4.90 Å². The zero-order valence-electron chi connectivity index (χ0n) is 8.53. The summed E-state index contributed by atoms with van der Waals surface area (Å²) in [5.41, 5.74) is 1.22. The summed E-state index contributed by atoms with van der Waals surface area (Å²) in [4.78, 5) is 13.6. The summed E-state index contributed by atoms with van der Waals surface area (Å²) in [7, 11) is 0. The summed E-state index contributed by atoms with van der Waals surface area (Å²) in [6.07, 6.45) is 1.03. The number of likely N-dealkylation sites (tertiary alicyclic amines) is 1. The Hall–Kier alpha value is -0.580. The third kappa shape index (κ3) is 2.51. The zero-order chi connectivity index (χ0) is 10.7. The van der Waals surface area contributed by atoms with Gasteiger partial charge in [-0.15, -0.1) is 0 Å². The summed E-state index contributed by atoms with van der Waals surface area (Å²) in [6.45, 7) is 1.72. The highest BCUT2D eigenvalue weighted by atomic mass is 127. The fraction of sp³-hybridized carbons (Fsp3) is 0.417. The van der Waals surface area contributed by atoms with E-state index in [4.69, 9.17) is 0 Å². The van der Waals surface area contributed by atoms with Gasteiger partial charge in [0.15, 0.2) is 0 Å². The lowest BCUT2D eigenvalue weighted by molar-refractivity contribution is -0.148. The van der Waals surface area contributed by atoms with Gasteiger partial charge in [-0.25, -0.2) is 0 Å². The molecule has 1 heterocycles. The van der Waals surface area contributed by atoms with Gasteiger partial charge in [0.2, 0.25) is 5.91 Å². The van der Waals surface area contributed by atoms with Crippen LogP contribution in [0.5, 0.6) is 0 Å². The molecule has 0 radical (unpaired) electrons. The first-order chi connectivity index (χ1) is 7.31. The van der Waals surface area contributed by atoms with Crippen LogP contribution in [0.2, 0.25) is 0 Å². The molecule has 0 spiro atoms. The van der Waals surface area contributed by atoms with Crippen LogP contribution in [0.15, 0.2) is 30.3 Å². The van der Waals surface area contributed by atoms with Crippen molar-refractivity contribution in [2.24, 2.45) is 5.92 Å². The number of β-lactam (4-membered cyclic amide) rings is 1. The van der Waals surface area contributed by atoms with Gasteiger partial charge in [0.05, 0.1) is 5.92 Å². The van der Waals surface area contributed by atoms with Crippen molar-refractivity contribution in [3.63, 3.8) is 0 Å². The van der Waals surface area contributed by atoms with Crippen molar-refractivity contribution in [2.75, 3.05) is 11.0 Å². The first-order valence-corrected chi connectivity index (χ1v) is 6.72. The number of carbonyl (C=O) groups is 1. The molecular weight excluding hydrogens is 301 g/mol. The average molecular weight is 315 g/mol. The van der Waals surface area contributed by atoms with Gasteiger partial charge in [0, 0.05) is 17.5 Å². The Labute approximate surface area is 104 Å². The fourth-order valence-electron chi connectivity index (χ4n) is 1.87. The van der Waals surface area contributed by atoms with Gasteiger partial charge in [0.25, 0.3) is 0 Å². The summed E-state index contributed by atoms with van der Waals surface area (Å²) in [5, 5.41) is 0. The molecule has 1 aromatic carbocycles. The second-order valence-electron chi connectivity index (χ2n) is 3.88. The maximum Gasteiger partial charge on any atom is 0.227 e. The summed E-state index contributed by atoms with van der Waals surface area (Å²) < 4.78 is 1.08. The number of hydrogen-bond acceptors (Lipinski definition) is 1. The van der Waals surface area contributed by atoms with Crippen LogP contribution in [0.1, 0.15) is 12.0 Å². The third-order valence-corrected chi connectivity index (χ3v) is 3.40. The molecule has 2 rings (SSSR count). The minimum atomic E-state index is 0.297. The molecule has 3 heteroatoms. The lowest BCUT2D eigenvalue weighted by Crippen LogP contribution is -2.51. The summed E-state index contributed by atoms with van der Waals surface area (Å²) >= 11 is 2.33. The molecule has 1 aliphatic rings. The largest absolute Gasteiger partial charge is 0.337 e. The highest BCUT2D eigenvalue weighted by Crippen LogP contribution is 2.23. The molecule has 80 valence electrons. The van der Waals surface area contributed by atoms with Crippen molar-refractivity contribution in [1.82, 2.24) is 4.90 Å². The molecule has 1 aromatic rings. The Kier molecular flexibility index (Phi) is 3.61. The van der Waals surface area contributed by atoms with Crippen LogP contribution in [-0.2, 0) is 11.3 Å². The van der Waals surface area contributed by atoms with Gasteiger partial charge >= 0.3 is 0 Å². The van der Waals surface area contributed by atoms with E-state index in [1.54, 1.807) is 0 Å². The van der Waals surface area contributed by atoms with Gasteiger partial charge in [-0.05, 0) is 12.0 Å². The van der Waals surface area contributed by atoms with Crippen molar-refractivity contribution in [1.29, 1.82) is 0 Å². The fourth-order valence-corrected chi connectivity index (χ4v) is 2.62. The Morgan fingerprint density at radius 3 is 2.67 bits per heavy atom. The molecule has 15 heavy (non-hydrogen) atoms. The van der Waals surface area contributed by atoms with Gasteiger partial charge in [0.1, 0.15) is 0 Å². The van der Waals surface area contributed by atoms with Gasteiger partial charge in [-0.1, -0.05) is 52.9 Å². The van der Waals surface area contributed by atoms with Crippen molar-refractivity contribution >= 4 is 28.5 Å². The standard InChI is InChI=1S/C12H14INO/c13-7-6-11-9-14(12(11)15)8-10-4-2-1-3-5-10/h1-5,11H,6-9H2. The predicted molar refractivity (Wildman–Crippen MR) is 68.9 cm³/mol. The van der Waals surface area contributed by atoms with E-state index in [9.17, 15) is 4.79 Å². The normalized spacial score (nSPS) is 20.2. The van der Waals surface area contributed by atoms with Crippen LogP contribution >= 0.6 is 22.6 Å². The summed E-state index contributed by atoms with van der Waals surface area (Å²) in [5.74, 6) is 0.626. The SMILES string of the molecule is O=C1C(CCI)CN1Cc1ccccc1. The van der Waals surface area contributed by atoms with Crippen LogP contribution in [0.3, 0.4) is 0 Å². The number of halogens is 1. The minimum absolute atomic E-state index is 0.297. The van der Waals surface area contributed by atoms with E-state index < -0.39 is 0 Å². The van der Waals surface area contributed by atoms with Crippen LogP contribution < -0.4 is 0 Å². The zero-order valence-corrected chi connectivity index (χ0v) is 10.7. The van der Waals surface area contributed by atoms with Crippen molar-refractivity contribution < 1.29 is 4.79 Å². The Bertz CT molecular complexity index is 339. The van der Waals surface area contributed by atoms with Crippen LogP contribution in [0.4, 0.5) is 0 Å². The first kappa shape index (κ1) is 10.9. The molecule has 0 N–H and O–H groups in total. The molecule has 0 aliphatic carbocycles. The Morgan fingerprint density at radius 2 is 2.07 bits per heavy atom. The van der Waals surface area contributed by atoms with E-state index in [2.05, 4.69) is 34.7 Å². The monoisotopic (exact) mass is 315 g/mol. The van der Waals surface area contributed by atoms with Crippen molar-refractivity contribution in [3.8, 4) is 0 Å². The van der Waals surface area contributed by atoms with Gasteiger partial charge in [-0.2, -0.15) is 0 Å². The number of hydrogen-bond donors (Lipinski definition) is 0. The van der Waals surface area contributed by atoms with Crippen LogP contribution in [0.25, 0.3) is 0 Å². The molecule has 1 atom stereocenters. The molecule has 1 unspecified atom stereocenters. The minimum Gasteiger partial charge on any atom is -0.337 e. The maximum absolute atomic E-state index is 11.7. The molecule has 0 bridgehead atoms. The highest BCUT2D eigenvalue weighted by Gasteiger charge is 2.35. The molecule has 1 fully saturated rings. The van der Waals surface area contributed by atoms with Crippen molar-refractivity contribution in [3.05, 3.63) is 35.9 Å². The molecule has 1 amide bonds. The van der Waals surface area contributed by atoms with E-state index >= 15 is 0 Å². The molecule has 1 saturated heterocycles. The second kappa shape index (κ2) is 4.96. The Morgan fingerprint density at radius 1 is 1.33 bits per heavy atom. The Balaban J connectivity index is 1.86. The number of benzene rings is 1. The van der Waals surface area contributed by atoms with E-state index in [0.717, 1.165) is 23.9 Å². The van der Waals surface area contributed by atoms with E-state index in [-0.39, 0.29) is 0 Å². The van der Waals surface area contributed by atoms with E-state index in [0.29, 0.717) is 11.8 Å². The number of nitrogens with zero attached hydrogens (tertiary/aromatic N) is 1. The highest BCUT2D eigenvalue weighted by molar-refractivity contribution is 14.1. The van der Waals surface area contributed by atoms with Crippen LogP contribution in [-0.4, -0.2) is 21.8 Å². The lowest BCUT2D eigenvalue weighted by atomic mass is 9.95. The smallest absolute Gasteiger partial charge is 0.227 e. The number of carbonyl (C=O) groups excluding carboxylic acids is 1. The molecule has 0 aromatic heterocycles. The average Bonchev–Trinajstić information content (AvgIpc) is 2.29. The lowest BCUT2D eigenvalue weighted by Gasteiger charge is -2.38. The topological polar surface area (TPSA) is 20.3 Å². The third-order valence-electron chi connectivity index (χ3n) is 2.78. The molecular formula is C12H14INO. The molecule has 2 nitrogen and oxygen atoms in total. The van der Waals surface area contributed by atoms with Crippen LogP contribution in [0, 0.1) is 5.92 Å². The number of amides is 1. The molecule has 1 aliphatic heterocycles. The first-order valence-electron chi connectivity index (χ1n) is 5.20. The van der Waals surface area contributed by atoms with E-state index in [1.165, 1.54) is 5.56 Å². The quantitative estimate of drug-likeness (QED) is 0.475. The van der Waals surface area contributed by atoms with Gasteiger partial charge in [-0.3, -0.25) is 4.79 Å². The number of rotatable bonds is 4. The van der Waals surface area contributed by atoms with Crippen molar-refractivity contribution in [2.45, 2.75) is 13.0 Å². The molecule has 0 saturated carbocycles. The number of alkyl halides is 1. The second-order valence-corrected chi connectivity index (χ2v) is 4.96. The maximum atomic E-state index is 11.7. The predicted octanol–water partition coefficient (Wildman–Crippen LogP) is 2.47.